The second-order valence-corrected chi connectivity index (χ2v) is 3.88. The van der Waals surface area contributed by atoms with E-state index in [1.807, 2.05) is 6.26 Å². The van der Waals surface area contributed by atoms with Crippen molar-refractivity contribution < 1.29 is 4.42 Å². The molecule has 1 N–H and O–H groups in total. The monoisotopic (exact) mass is 179 g/mol. The molecule has 2 atom stereocenters. The highest BCUT2D eigenvalue weighted by Crippen LogP contribution is 2.30. The fraction of sp³-hybridized carbons (Fsp3) is 0.636. The molecule has 0 spiro atoms. The van der Waals surface area contributed by atoms with E-state index < -0.39 is 0 Å². The van der Waals surface area contributed by atoms with Crippen LogP contribution in [0.1, 0.15) is 37.6 Å². The molecule has 0 fully saturated rings. The molecule has 0 amide bonds. The summed E-state index contributed by atoms with van der Waals surface area (Å²) in [4.78, 5) is 0. The Balaban J connectivity index is 2.24. The van der Waals surface area contributed by atoms with E-state index >= 15 is 0 Å². The topological polar surface area (TPSA) is 25.2 Å². The van der Waals surface area contributed by atoms with Gasteiger partial charge in [0, 0.05) is 0 Å². The van der Waals surface area contributed by atoms with Gasteiger partial charge in [-0.2, -0.15) is 0 Å². The second kappa shape index (κ2) is 3.54. The van der Waals surface area contributed by atoms with Crippen LogP contribution in [-0.4, -0.2) is 6.54 Å². The third-order valence-electron chi connectivity index (χ3n) is 3.03. The highest BCUT2D eigenvalue weighted by atomic mass is 16.3. The molecule has 1 aliphatic rings. The van der Waals surface area contributed by atoms with Crippen molar-refractivity contribution in [2.75, 3.05) is 6.54 Å². The summed E-state index contributed by atoms with van der Waals surface area (Å²) in [7, 11) is 0. The van der Waals surface area contributed by atoms with Gasteiger partial charge in [0.05, 0.1) is 12.3 Å². The Morgan fingerprint density at radius 1 is 1.69 bits per heavy atom. The minimum atomic E-state index is 0.434. The first kappa shape index (κ1) is 8.82. The fourth-order valence-electron chi connectivity index (χ4n) is 1.98. The smallest absolute Gasteiger partial charge is 0.124 e. The SMILES string of the molecule is CCC(C)C1NCCc2ccoc21. The number of furan rings is 1. The van der Waals surface area contributed by atoms with Crippen LogP contribution in [0.2, 0.25) is 0 Å². The van der Waals surface area contributed by atoms with Gasteiger partial charge >= 0.3 is 0 Å². The molecule has 2 heterocycles. The maximum absolute atomic E-state index is 5.53. The van der Waals surface area contributed by atoms with E-state index in [1.165, 1.54) is 17.7 Å². The van der Waals surface area contributed by atoms with E-state index in [-0.39, 0.29) is 0 Å². The summed E-state index contributed by atoms with van der Waals surface area (Å²) in [6, 6.07) is 2.54. The number of fused-ring (bicyclic) bond motifs is 1. The quantitative estimate of drug-likeness (QED) is 0.754. The zero-order valence-corrected chi connectivity index (χ0v) is 8.34. The van der Waals surface area contributed by atoms with Crippen LogP contribution in [0.25, 0.3) is 0 Å². The zero-order chi connectivity index (χ0) is 9.26. The lowest BCUT2D eigenvalue weighted by atomic mass is 9.91. The highest BCUT2D eigenvalue weighted by Gasteiger charge is 2.26. The Labute approximate surface area is 79.3 Å². The molecule has 0 aliphatic carbocycles. The molecule has 2 rings (SSSR count). The van der Waals surface area contributed by atoms with Gasteiger partial charge in [-0.1, -0.05) is 20.3 Å². The molecular formula is C11H17NO. The average Bonchev–Trinajstić information content (AvgIpc) is 2.63. The van der Waals surface area contributed by atoms with Gasteiger partial charge in [-0.3, -0.25) is 0 Å². The van der Waals surface area contributed by atoms with Crippen LogP contribution in [0.15, 0.2) is 16.7 Å². The first-order valence-corrected chi connectivity index (χ1v) is 5.12. The predicted octanol–water partition coefficient (Wildman–Crippen LogP) is 2.51. The third-order valence-corrected chi connectivity index (χ3v) is 3.03. The number of hydrogen-bond acceptors (Lipinski definition) is 2. The van der Waals surface area contributed by atoms with E-state index in [0.717, 1.165) is 13.0 Å². The van der Waals surface area contributed by atoms with Crippen molar-refractivity contribution in [3.63, 3.8) is 0 Å². The standard InChI is InChI=1S/C11H17NO/c1-3-8(2)10-11-9(4-6-12-10)5-7-13-11/h5,7-8,10,12H,3-4,6H2,1-2H3. The Kier molecular flexibility index (Phi) is 2.40. The number of hydrogen-bond donors (Lipinski definition) is 1. The molecule has 1 aromatic rings. The van der Waals surface area contributed by atoms with Crippen LogP contribution in [0, 0.1) is 5.92 Å². The van der Waals surface area contributed by atoms with Crippen molar-refractivity contribution in [2.24, 2.45) is 5.92 Å². The maximum Gasteiger partial charge on any atom is 0.124 e. The molecule has 0 saturated heterocycles. The van der Waals surface area contributed by atoms with Gasteiger partial charge in [0.2, 0.25) is 0 Å². The summed E-state index contributed by atoms with van der Waals surface area (Å²) >= 11 is 0. The van der Waals surface area contributed by atoms with Gasteiger partial charge in [0.25, 0.3) is 0 Å². The van der Waals surface area contributed by atoms with Gasteiger partial charge in [-0.25, -0.2) is 0 Å². The van der Waals surface area contributed by atoms with Gasteiger partial charge in [0.1, 0.15) is 5.76 Å². The van der Waals surface area contributed by atoms with E-state index in [1.54, 1.807) is 0 Å². The Hall–Kier alpha value is -0.760. The summed E-state index contributed by atoms with van der Waals surface area (Å²) in [5, 5.41) is 3.52. The van der Waals surface area contributed by atoms with Crippen molar-refractivity contribution >= 4 is 0 Å². The number of rotatable bonds is 2. The molecule has 1 aromatic heterocycles. The molecular weight excluding hydrogens is 162 g/mol. The second-order valence-electron chi connectivity index (χ2n) is 3.88. The molecule has 72 valence electrons. The molecule has 0 bridgehead atoms. The Morgan fingerprint density at radius 3 is 3.31 bits per heavy atom. The van der Waals surface area contributed by atoms with Crippen molar-refractivity contribution in [1.82, 2.24) is 5.32 Å². The predicted molar refractivity (Wildman–Crippen MR) is 52.6 cm³/mol. The van der Waals surface area contributed by atoms with Crippen molar-refractivity contribution in [3.05, 3.63) is 23.7 Å². The molecule has 2 heteroatoms. The van der Waals surface area contributed by atoms with Gasteiger partial charge in [0.15, 0.2) is 0 Å². The van der Waals surface area contributed by atoms with Gasteiger partial charge in [-0.05, 0) is 30.5 Å². The Morgan fingerprint density at radius 2 is 2.54 bits per heavy atom. The lowest BCUT2D eigenvalue weighted by Crippen LogP contribution is -2.32. The highest BCUT2D eigenvalue weighted by molar-refractivity contribution is 5.23. The van der Waals surface area contributed by atoms with Crippen LogP contribution >= 0.6 is 0 Å². The van der Waals surface area contributed by atoms with Crippen LogP contribution in [-0.2, 0) is 6.42 Å². The average molecular weight is 179 g/mol. The van der Waals surface area contributed by atoms with Gasteiger partial charge < -0.3 is 9.73 Å². The molecule has 2 nitrogen and oxygen atoms in total. The van der Waals surface area contributed by atoms with Crippen LogP contribution in [0.4, 0.5) is 0 Å². The summed E-state index contributed by atoms with van der Waals surface area (Å²) in [5.74, 6) is 1.82. The molecule has 13 heavy (non-hydrogen) atoms. The third kappa shape index (κ3) is 1.51. The molecule has 2 unspecified atom stereocenters. The summed E-state index contributed by atoms with van der Waals surface area (Å²) < 4.78 is 5.53. The van der Waals surface area contributed by atoms with E-state index in [4.69, 9.17) is 4.42 Å². The summed E-state index contributed by atoms with van der Waals surface area (Å²) in [6.07, 6.45) is 4.11. The van der Waals surface area contributed by atoms with E-state index in [9.17, 15) is 0 Å². The van der Waals surface area contributed by atoms with Crippen LogP contribution in [0.3, 0.4) is 0 Å². The summed E-state index contributed by atoms with van der Waals surface area (Å²) in [5.41, 5.74) is 1.39. The number of nitrogens with one attached hydrogen (secondary N) is 1. The molecule has 1 aliphatic heterocycles. The van der Waals surface area contributed by atoms with E-state index in [0.29, 0.717) is 12.0 Å². The lowest BCUT2D eigenvalue weighted by Gasteiger charge is -2.27. The first-order valence-electron chi connectivity index (χ1n) is 5.12. The van der Waals surface area contributed by atoms with Crippen LogP contribution < -0.4 is 5.32 Å². The minimum absolute atomic E-state index is 0.434. The first-order chi connectivity index (χ1) is 6.33. The Bertz CT molecular complexity index is 279. The van der Waals surface area contributed by atoms with Crippen molar-refractivity contribution in [2.45, 2.75) is 32.7 Å². The summed E-state index contributed by atoms with van der Waals surface area (Å²) in [6.45, 7) is 5.58. The zero-order valence-electron chi connectivity index (χ0n) is 8.34. The van der Waals surface area contributed by atoms with Crippen molar-refractivity contribution in [3.8, 4) is 0 Å². The maximum atomic E-state index is 5.53. The van der Waals surface area contributed by atoms with Crippen LogP contribution in [0.5, 0.6) is 0 Å². The normalized spacial score (nSPS) is 24.0. The lowest BCUT2D eigenvalue weighted by molar-refractivity contribution is 0.304. The van der Waals surface area contributed by atoms with Crippen molar-refractivity contribution in [1.29, 1.82) is 0 Å². The van der Waals surface area contributed by atoms with Gasteiger partial charge in [-0.15, -0.1) is 0 Å². The largest absolute Gasteiger partial charge is 0.467 e. The molecule has 0 radical (unpaired) electrons. The van der Waals surface area contributed by atoms with E-state index in [2.05, 4.69) is 25.2 Å². The molecule has 0 saturated carbocycles. The molecule has 0 aromatic carbocycles. The fourth-order valence-corrected chi connectivity index (χ4v) is 1.98. The minimum Gasteiger partial charge on any atom is -0.467 e.